The molecule has 0 spiro atoms. The summed E-state index contributed by atoms with van der Waals surface area (Å²) in [6, 6.07) is 10.9. The van der Waals surface area contributed by atoms with Crippen LogP contribution >= 0.6 is 11.8 Å². The van der Waals surface area contributed by atoms with Crippen molar-refractivity contribution in [3.63, 3.8) is 0 Å². The third kappa shape index (κ3) is 4.78. The number of rotatable bonds is 7. The van der Waals surface area contributed by atoms with Crippen LogP contribution in [0.3, 0.4) is 0 Å². The van der Waals surface area contributed by atoms with Crippen LogP contribution in [0, 0.1) is 13.8 Å². The number of nitrogens with zero attached hydrogens (tertiary/aromatic N) is 2. The molecule has 29 heavy (non-hydrogen) atoms. The van der Waals surface area contributed by atoms with Gasteiger partial charge in [0.05, 0.1) is 11.5 Å². The van der Waals surface area contributed by atoms with Crippen molar-refractivity contribution in [2.75, 3.05) is 25.6 Å². The summed E-state index contributed by atoms with van der Waals surface area (Å²) in [6.07, 6.45) is 1.71. The second-order valence-corrected chi connectivity index (χ2v) is 7.65. The number of carbonyl (C=O) groups excluding carboxylic acids is 3. The Balaban J connectivity index is 1.72. The Kier molecular flexibility index (Phi) is 6.56. The SMILES string of the molecule is COCCn1c(C)cc(/C=C2\SC(=O)N(CC(=O)Nc3ccccc3)C2=O)c1C. The van der Waals surface area contributed by atoms with Gasteiger partial charge >= 0.3 is 0 Å². The Labute approximate surface area is 173 Å². The van der Waals surface area contributed by atoms with Gasteiger partial charge in [0.1, 0.15) is 6.54 Å². The molecule has 2 heterocycles. The van der Waals surface area contributed by atoms with Gasteiger partial charge in [-0.05, 0) is 55.4 Å². The standard InChI is InChI=1S/C21H23N3O4S/c1-14-11-16(15(2)23(14)9-10-28-3)12-18-20(26)24(21(27)29-18)13-19(25)22-17-7-5-4-6-8-17/h4-8,11-12H,9-10,13H2,1-3H3,(H,22,25)/b18-12-. The number of hydrogen-bond acceptors (Lipinski definition) is 5. The van der Waals surface area contributed by atoms with Gasteiger partial charge in [-0.25, -0.2) is 0 Å². The van der Waals surface area contributed by atoms with E-state index in [0.717, 1.165) is 33.6 Å². The predicted octanol–water partition coefficient (Wildman–Crippen LogP) is 3.43. The molecule has 8 heteroatoms. The van der Waals surface area contributed by atoms with E-state index in [1.54, 1.807) is 37.5 Å². The van der Waals surface area contributed by atoms with E-state index >= 15 is 0 Å². The molecule has 0 unspecified atom stereocenters. The third-order valence-corrected chi connectivity index (χ3v) is 5.56. The minimum Gasteiger partial charge on any atom is -0.383 e. The Morgan fingerprint density at radius 1 is 1.21 bits per heavy atom. The monoisotopic (exact) mass is 413 g/mol. The van der Waals surface area contributed by atoms with Crippen LogP contribution in [0.25, 0.3) is 6.08 Å². The van der Waals surface area contributed by atoms with Crippen molar-refractivity contribution < 1.29 is 19.1 Å². The first-order chi connectivity index (χ1) is 13.9. The lowest BCUT2D eigenvalue weighted by molar-refractivity contribution is -0.127. The first-order valence-corrected chi connectivity index (χ1v) is 9.98. The summed E-state index contributed by atoms with van der Waals surface area (Å²) in [6.45, 7) is 4.93. The fourth-order valence-electron chi connectivity index (χ4n) is 3.14. The van der Waals surface area contributed by atoms with Crippen LogP contribution in [0.2, 0.25) is 0 Å². The Hall–Kier alpha value is -2.84. The molecule has 0 radical (unpaired) electrons. The Morgan fingerprint density at radius 2 is 1.93 bits per heavy atom. The van der Waals surface area contributed by atoms with Gasteiger partial charge in [-0.15, -0.1) is 0 Å². The van der Waals surface area contributed by atoms with E-state index in [1.807, 2.05) is 26.0 Å². The van der Waals surface area contributed by atoms with Crippen LogP contribution in [-0.2, 0) is 20.9 Å². The maximum absolute atomic E-state index is 12.7. The molecule has 1 aromatic heterocycles. The maximum Gasteiger partial charge on any atom is 0.294 e. The third-order valence-electron chi connectivity index (χ3n) is 4.65. The van der Waals surface area contributed by atoms with Gasteiger partial charge in [0.25, 0.3) is 11.1 Å². The fraction of sp³-hybridized carbons (Fsp3) is 0.286. The molecule has 7 nitrogen and oxygen atoms in total. The zero-order valence-electron chi connectivity index (χ0n) is 16.6. The summed E-state index contributed by atoms with van der Waals surface area (Å²) < 4.78 is 7.24. The molecule has 0 aliphatic carbocycles. The number of hydrogen-bond donors (Lipinski definition) is 1. The minimum atomic E-state index is -0.454. The van der Waals surface area contributed by atoms with Gasteiger partial charge in [0, 0.05) is 30.7 Å². The number of aryl methyl sites for hydroxylation is 1. The molecule has 2 aromatic rings. The van der Waals surface area contributed by atoms with Gasteiger partial charge in [-0.1, -0.05) is 18.2 Å². The number of ether oxygens (including phenoxy) is 1. The Morgan fingerprint density at radius 3 is 2.62 bits per heavy atom. The second-order valence-electron chi connectivity index (χ2n) is 6.65. The summed E-state index contributed by atoms with van der Waals surface area (Å²) in [5.74, 6) is -0.873. The van der Waals surface area contributed by atoms with Gasteiger partial charge in [0.15, 0.2) is 0 Å². The lowest BCUT2D eigenvalue weighted by Gasteiger charge is -2.12. The van der Waals surface area contributed by atoms with E-state index in [1.165, 1.54) is 0 Å². The molecule has 1 aliphatic heterocycles. The van der Waals surface area contributed by atoms with E-state index in [9.17, 15) is 14.4 Å². The molecule has 3 rings (SSSR count). The number of aromatic nitrogens is 1. The summed E-state index contributed by atoms with van der Waals surface area (Å²) in [5, 5.41) is 2.24. The summed E-state index contributed by atoms with van der Waals surface area (Å²) >= 11 is 0.851. The average Bonchev–Trinajstić information content (AvgIpc) is 3.11. The van der Waals surface area contributed by atoms with Crippen molar-refractivity contribution in [2.24, 2.45) is 0 Å². The highest BCUT2D eigenvalue weighted by Gasteiger charge is 2.36. The molecule has 0 atom stereocenters. The predicted molar refractivity (Wildman–Crippen MR) is 114 cm³/mol. The van der Waals surface area contributed by atoms with Gasteiger partial charge in [0.2, 0.25) is 5.91 Å². The van der Waals surface area contributed by atoms with Gasteiger partial charge < -0.3 is 14.6 Å². The quantitative estimate of drug-likeness (QED) is 0.704. The van der Waals surface area contributed by atoms with Crippen LogP contribution in [-0.4, -0.2) is 46.8 Å². The number of para-hydroxylation sites is 1. The number of anilines is 1. The van der Waals surface area contributed by atoms with Crippen molar-refractivity contribution >= 4 is 40.6 Å². The first-order valence-electron chi connectivity index (χ1n) is 9.16. The lowest BCUT2D eigenvalue weighted by Crippen LogP contribution is -2.36. The number of carbonyl (C=O) groups is 3. The Bertz CT molecular complexity index is 966. The van der Waals surface area contributed by atoms with Gasteiger partial charge in [-0.2, -0.15) is 0 Å². The van der Waals surface area contributed by atoms with Crippen LogP contribution in [0.1, 0.15) is 17.0 Å². The topological polar surface area (TPSA) is 80.6 Å². The van der Waals surface area contributed by atoms with Crippen molar-refractivity contribution in [2.45, 2.75) is 20.4 Å². The smallest absolute Gasteiger partial charge is 0.294 e. The van der Waals surface area contributed by atoms with E-state index in [0.29, 0.717) is 23.7 Å². The van der Waals surface area contributed by atoms with E-state index in [-0.39, 0.29) is 6.54 Å². The van der Waals surface area contributed by atoms with Crippen LogP contribution in [0.5, 0.6) is 0 Å². The van der Waals surface area contributed by atoms with Crippen LogP contribution < -0.4 is 5.32 Å². The highest BCUT2D eigenvalue weighted by atomic mass is 32.2. The number of methoxy groups -OCH3 is 1. The second kappa shape index (κ2) is 9.11. The zero-order valence-corrected chi connectivity index (χ0v) is 17.4. The molecule has 0 saturated carbocycles. The van der Waals surface area contributed by atoms with Crippen LogP contribution in [0.4, 0.5) is 10.5 Å². The first kappa shape index (κ1) is 20.9. The molecular formula is C21H23N3O4S. The summed E-state index contributed by atoms with van der Waals surface area (Å²) in [5.41, 5.74) is 3.53. The fourth-order valence-corrected chi connectivity index (χ4v) is 3.97. The lowest BCUT2D eigenvalue weighted by atomic mass is 10.2. The molecule has 1 fully saturated rings. The minimum absolute atomic E-state index is 0.314. The number of thioether (sulfide) groups is 1. The van der Waals surface area contributed by atoms with Crippen molar-refractivity contribution in [3.8, 4) is 0 Å². The number of imide groups is 1. The zero-order chi connectivity index (χ0) is 21.0. The summed E-state index contributed by atoms with van der Waals surface area (Å²) in [4.78, 5) is 38.5. The molecule has 152 valence electrons. The number of nitrogens with one attached hydrogen (secondary N) is 1. The van der Waals surface area contributed by atoms with E-state index < -0.39 is 17.1 Å². The number of amides is 3. The van der Waals surface area contributed by atoms with E-state index in [2.05, 4.69) is 9.88 Å². The molecule has 1 saturated heterocycles. The highest BCUT2D eigenvalue weighted by molar-refractivity contribution is 8.18. The molecule has 0 bridgehead atoms. The van der Waals surface area contributed by atoms with Crippen molar-refractivity contribution in [1.82, 2.24) is 9.47 Å². The molecule has 1 aliphatic rings. The van der Waals surface area contributed by atoms with Crippen molar-refractivity contribution in [3.05, 3.63) is 58.3 Å². The normalized spacial score (nSPS) is 15.4. The van der Waals surface area contributed by atoms with Crippen LogP contribution in [0.15, 0.2) is 41.3 Å². The highest BCUT2D eigenvalue weighted by Crippen LogP contribution is 2.33. The molecule has 1 N–H and O–H groups in total. The molecule has 1 aromatic carbocycles. The largest absolute Gasteiger partial charge is 0.383 e. The van der Waals surface area contributed by atoms with Gasteiger partial charge in [-0.3, -0.25) is 19.3 Å². The average molecular weight is 413 g/mol. The maximum atomic E-state index is 12.7. The summed E-state index contributed by atoms with van der Waals surface area (Å²) in [7, 11) is 1.65. The number of benzene rings is 1. The van der Waals surface area contributed by atoms with E-state index in [4.69, 9.17) is 4.74 Å². The van der Waals surface area contributed by atoms with Crippen molar-refractivity contribution in [1.29, 1.82) is 0 Å². The molecule has 3 amide bonds. The molecular weight excluding hydrogens is 390 g/mol.